The summed E-state index contributed by atoms with van der Waals surface area (Å²) in [6.45, 7) is 0. The predicted octanol–water partition coefficient (Wildman–Crippen LogP) is 3.35. The van der Waals surface area contributed by atoms with E-state index in [9.17, 15) is 4.79 Å². The molecule has 0 saturated carbocycles. The van der Waals surface area contributed by atoms with Gasteiger partial charge >= 0.3 is 0 Å². The number of hydrogen-bond acceptors (Lipinski definition) is 2. The van der Waals surface area contributed by atoms with E-state index < -0.39 is 0 Å². The van der Waals surface area contributed by atoms with Crippen molar-refractivity contribution >= 4 is 17.1 Å². The third-order valence-corrected chi connectivity index (χ3v) is 3.91. The first-order chi connectivity index (χ1) is 7.84. The average Bonchev–Trinajstić information content (AvgIpc) is 2.97. The molecule has 16 heavy (non-hydrogen) atoms. The minimum Gasteiger partial charge on any atom is -0.294 e. The monoisotopic (exact) mass is 228 g/mol. The maximum Gasteiger partial charge on any atom is 0.167 e. The molecule has 1 aliphatic rings. The largest absolute Gasteiger partial charge is 0.294 e. The Bertz CT molecular complexity index is 488. The van der Waals surface area contributed by atoms with Crippen LogP contribution in [0.2, 0.25) is 0 Å². The third kappa shape index (κ3) is 1.59. The van der Waals surface area contributed by atoms with Crippen LogP contribution < -0.4 is 0 Å². The molecule has 1 heterocycles. The van der Waals surface area contributed by atoms with Crippen molar-refractivity contribution in [2.75, 3.05) is 0 Å². The quantitative estimate of drug-likeness (QED) is 0.720. The molecule has 2 heteroatoms. The van der Waals surface area contributed by atoms with Crippen LogP contribution in [0.5, 0.6) is 0 Å². The first kappa shape index (κ1) is 9.79. The zero-order chi connectivity index (χ0) is 11.0. The van der Waals surface area contributed by atoms with E-state index in [1.165, 1.54) is 11.1 Å². The van der Waals surface area contributed by atoms with Gasteiger partial charge in [0.15, 0.2) is 5.78 Å². The number of benzene rings is 1. The van der Waals surface area contributed by atoms with E-state index in [4.69, 9.17) is 0 Å². The van der Waals surface area contributed by atoms with Crippen molar-refractivity contribution in [1.82, 2.24) is 0 Å². The highest BCUT2D eigenvalue weighted by atomic mass is 32.1. The molecule has 0 N–H and O–H groups in total. The van der Waals surface area contributed by atoms with Crippen molar-refractivity contribution in [3.63, 3.8) is 0 Å². The van der Waals surface area contributed by atoms with Gasteiger partial charge in [0.05, 0.1) is 0 Å². The van der Waals surface area contributed by atoms with Crippen molar-refractivity contribution < 1.29 is 4.79 Å². The second kappa shape index (κ2) is 3.87. The second-order valence-electron chi connectivity index (χ2n) is 4.25. The lowest BCUT2D eigenvalue weighted by atomic mass is 9.97. The average molecular weight is 228 g/mol. The minimum atomic E-state index is 0.159. The fourth-order valence-electron chi connectivity index (χ4n) is 2.38. The molecule has 0 aliphatic heterocycles. The first-order valence-corrected chi connectivity index (χ1v) is 6.42. The summed E-state index contributed by atoms with van der Waals surface area (Å²) in [5.74, 6) is 0.462. The summed E-state index contributed by atoms with van der Waals surface area (Å²) in [6, 6.07) is 10.3. The summed E-state index contributed by atoms with van der Waals surface area (Å²) in [6.07, 6.45) is 1.82. The van der Waals surface area contributed by atoms with Crippen LogP contribution in [-0.2, 0) is 12.8 Å². The van der Waals surface area contributed by atoms with Gasteiger partial charge in [-0.15, -0.1) is 0 Å². The van der Waals surface area contributed by atoms with Crippen LogP contribution in [0.1, 0.15) is 21.5 Å². The van der Waals surface area contributed by atoms with Crippen LogP contribution in [-0.4, -0.2) is 5.78 Å². The van der Waals surface area contributed by atoms with Crippen molar-refractivity contribution in [2.45, 2.75) is 12.8 Å². The summed E-state index contributed by atoms with van der Waals surface area (Å²) >= 11 is 1.59. The molecule has 3 rings (SSSR count). The van der Waals surface area contributed by atoms with Gasteiger partial charge in [0, 0.05) is 16.9 Å². The fourth-order valence-corrected chi connectivity index (χ4v) is 3.03. The van der Waals surface area contributed by atoms with Crippen LogP contribution >= 0.6 is 11.3 Å². The maximum absolute atomic E-state index is 12.2. The molecular formula is C14H12OS. The summed E-state index contributed by atoms with van der Waals surface area (Å²) in [5.41, 5.74) is 3.56. The first-order valence-electron chi connectivity index (χ1n) is 5.48. The Kier molecular flexibility index (Phi) is 2.37. The van der Waals surface area contributed by atoms with Gasteiger partial charge in [-0.1, -0.05) is 24.3 Å². The van der Waals surface area contributed by atoms with Gasteiger partial charge < -0.3 is 0 Å². The molecule has 0 saturated heterocycles. The van der Waals surface area contributed by atoms with Crippen molar-refractivity contribution in [1.29, 1.82) is 0 Å². The standard InChI is InChI=1S/C14H12OS/c15-14(12-5-6-16-9-12)13-7-10-3-1-2-4-11(10)8-13/h1-6,9,13H,7-8H2. The summed E-state index contributed by atoms with van der Waals surface area (Å²) < 4.78 is 0. The van der Waals surface area contributed by atoms with Crippen molar-refractivity contribution in [3.05, 3.63) is 57.8 Å². The summed E-state index contributed by atoms with van der Waals surface area (Å²) in [7, 11) is 0. The van der Waals surface area contributed by atoms with E-state index in [-0.39, 0.29) is 5.92 Å². The molecule has 0 fully saturated rings. The van der Waals surface area contributed by atoms with Crippen LogP contribution in [0.4, 0.5) is 0 Å². The molecule has 0 amide bonds. The molecule has 2 aromatic rings. The van der Waals surface area contributed by atoms with Crippen LogP contribution in [0, 0.1) is 5.92 Å². The second-order valence-corrected chi connectivity index (χ2v) is 5.03. The Balaban J connectivity index is 1.84. The SMILES string of the molecule is O=C(c1ccsc1)C1Cc2ccccc2C1. The summed E-state index contributed by atoms with van der Waals surface area (Å²) in [4.78, 5) is 12.2. The molecule has 0 atom stereocenters. The minimum absolute atomic E-state index is 0.159. The van der Waals surface area contributed by atoms with Gasteiger partial charge in [0.25, 0.3) is 0 Å². The summed E-state index contributed by atoms with van der Waals surface area (Å²) in [5, 5.41) is 3.92. The van der Waals surface area contributed by atoms with Gasteiger partial charge in [-0.25, -0.2) is 0 Å². The third-order valence-electron chi connectivity index (χ3n) is 3.23. The molecule has 0 radical (unpaired) electrons. The molecule has 1 aromatic carbocycles. The topological polar surface area (TPSA) is 17.1 Å². The molecular weight excluding hydrogens is 216 g/mol. The Hall–Kier alpha value is -1.41. The zero-order valence-electron chi connectivity index (χ0n) is 8.85. The molecule has 1 nitrogen and oxygen atoms in total. The smallest absolute Gasteiger partial charge is 0.167 e. The number of rotatable bonds is 2. The van der Waals surface area contributed by atoms with Crippen LogP contribution in [0.15, 0.2) is 41.1 Å². The molecule has 1 aromatic heterocycles. The molecule has 1 aliphatic carbocycles. The Labute approximate surface area is 98.7 Å². The van der Waals surface area contributed by atoms with Crippen LogP contribution in [0.3, 0.4) is 0 Å². The molecule has 0 unspecified atom stereocenters. The number of Topliss-reactive ketones (excluding diaryl/α,β-unsaturated/α-hetero) is 1. The van der Waals surface area contributed by atoms with E-state index in [0.717, 1.165) is 18.4 Å². The van der Waals surface area contributed by atoms with E-state index in [2.05, 4.69) is 24.3 Å². The van der Waals surface area contributed by atoms with Gasteiger partial charge in [-0.2, -0.15) is 11.3 Å². The van der Waals surface area contributed by atoms with E-state index >= 15 is 0 Å². The van der Waals surface area contributed by atoms with Gasteiger partial charge in [0.1, 0.15) is 0 Å². The Morgan fingerprint density at radius 3 is 2.38 bits per heavy atom. The van der Waals surface area contributed by atoms with Crippen molar-refractivity contribution in [2.24, 2.45) is 5.92 Å². The van der Waals surface area contributed by atoms with Gasteiger partial charge in [-0.3, -0.25) is 4.79 Å². The van der Waals surface area contributed by atoms with Gasteiger partial charge in [-0.05, 0) is 35.4 Å². The number of ketones is 1. The lowest BCUT2D eigenvalue weighted by Crippen LogP contribution is -2.14. The molecule has 0 spiro atoms. The lowest BCUT2D eigenvalue weighted by molar-refractivity contribution is 0.0925. The number of carbonyl (C=O) groups excluding carboxylic acids is 1. The molecule has 0 bridgehead atoms. The highest BCUT2D eigenvalue weighted by Crippen LogP contribution is 2.29. The fraction of sp³-hybridized carbons (Fsp3) is 0.214. The number of fused-ring (bicyclic) bond motifs is 1. The van der Waals surface area contributed by atoms with E-state index in [0.29, 0.717) is 5.78 Å². The van der Waals surface area contributed by atoms with Gasteiger partial charge in [0.2, 0.25) is 0 Å². The van der Waals surface area contributed by atoms with E-state index in [1.54, 1.807) is 11.3 Å². The number of carbonyl (C=O) groups is 1. The highest BCUT2D eigenvalue weighted by Gasteiger charge is 2.27. The Morgan fingerprint density at radius 2 is 1.81 bits per heavy atom. The number of hydrogen-bond donors (Lipinski definition) is 0. The zero-order valence-corrected chi connectivity index (χ0v) is 9.67. The number of thiophene rings is 1. The van der Waals surface area contributed by atoms with Crippen LogP contribution in [0.25, 0.3) is 0 Å². The maximum atomic E-state index is 12.2. The Morgan fingerprint density at radius 1 is 1.12 bits per heavy atom. The van der Waals surface area contributed by atoms with Crippen molar-refractivity contribution in [3.8, 4) is 0 Å². The predicted molar refractivity (Wildman–Crippen MR) is 66.0 cm³/mol. The molecule has 80 valence electrons. The highest BCUT2D eigenvalue weighted by molar-refractivity contribution is 7.08. The van der Waals surface area contributed by atoms with E-state index in [1.807, 2.05) is 16.8 Å². The normalized spacial score (nSPS) is 15.0. The lowest BCUT2D eigenvalue weighted by Gasteiger charge is -2.05.